The molecule has 1 aliphatic heterocycles. The lowest BCUT2D eigenvalue weighted by Crippen LogP contribution is -2.29. The lowest BCUT2D eigenvalue weighted by Gasteiger charge is -2.26. The Morgan fingerprint density at radius 2 is 2.27 bits per heavy atom. The molecule has 2 aliphatic rings. The van der Waals surface area contributed by atoms with Gasteiger partial charge in [-0.2, -0.15) is 0 Å². The highest BCUT2D eigenvalue weighted by molar-refractivity contribution is 5.75. The first-order valence-electron chi connectivity index (χ1n) is 4.47. The van der Waals surface area contributed by atoms with E-state index < -0.39 is 0 Å². The summed E-state index contributed by atoms with van der Waals surface area (Å²) in [7, 11) is 0. The van der Waals surface area contributed by atoms with Gasteiger partial charge in [0.2, 0.25) is 0 Å². The second-order valence-electron chi connectivity index (χ2n) is 3.79. The Balaban J connectivity index is 2.05. The van der Waals surface area contributed by atoms with Crippen LogP contribution < -0.4 is 0 Å². The van der Waals surface area contributed by atoms with Gasteiger partial charge >= 0.3 is 0 Å². The molecule has 0 amide bonds. The molecule has 0 N–H and O–H groups in total. The Kier molecular flexibility index (Phi) is 1.63. The van der Waals surface area contributed by atoms with E-state index in [1.54, 1.807) is 0 Å². The van der Waals surface area contributed by atoms with E-state index in [1.807, 2.05) is 6.92 Å². The molecule has 0 bridgehead atoms. The van der Waals surface area contributed by atoms with Crippen molar-refractivity contribution in [3.05, 3.63) is 0 Å². The topological polar surface area (TPSA) is 21.6 Å². The molecule has 1 heterocycles. The van der Waals surface area contributed by atoms with Crippen LogP contribution >= 0.6 is 0 Å². The molecule has 3 unspecified atom stereocenters. The predicted octanol–water partition coefficient (Wildman–Crippen LogP) is 1.99. The number of hydrogen-bond acceptors (Lipinski definition) is 2. The van der Waals surface area contributed by atoms with Gasteiger partial charge in [0.05, 0.1) is 6.04 Å². The predicted molar refractivity (Wildman–Crippen MR) is 44.8 cm³/mol. The fourth-order valence-electron chi connectivity index (χ4n) is 2.08. The smallest absolute Gasteiger partial charge is 0.180 e. The molecule has 1 saturated carbocycles. The molecule has 0 aromatic carbocycles. The molecule has 0 radical (unpaired) electrons. The first-order chi connectivity index (χ1) is 5.25. The molecule has 0 spiro atoms. The van der Waals surface area contributed by atoms with Gasteiger partial charge in [-0.3, -0.25) is 0 Å². The van der Waals surface area contributed by atoms with Crippen molar-refractivity contribution < 1.29 is 4.74 Å². The van der Waals surface area contributed by atoms with Crippen LogP contribution in [-0.2, 0) is 4.74 Å². The molecule has 0 aromatic heterocycles. The minimum absolute atomic E-state index is 0.422. The van der Waals surface area contributed by atoms with Gasteiger partial charge in [-0.05, 0) is 25.2 Å². The minimum Gasteiger partial charge on any atom is -0.476 e. The summed E-state index contributed by atoms with van der Waals surface area (Å²) < 4.78 is 5.56. The van der Waals surface area contributed by atoms with E-state index in [0.717, 1.165) is 11.8 Å². The Morgan fingerprint density at radius 1 is 1.45 bits per heavy atom. The minimum atomic E-state index is 0.422. The fraction of sp³-hybridized carbons (Fsp3) is 0.889. The van der Waals surface area contributed by atoms with Crippen molar-refractivity contribution >= 4 is 5.90 Å². The first kappa shape index (κ1) is 7.14. The maximum atomic E-state index is 5.56. The highest BCUT2D eigenvalue weighted by atomic mass is 16.5. The normalized spacial score (nSPS) is 42.7. The van der Waals surface area contributed by atoms with Crippen LogP contribution in [0.4, 0.5) is 0 Å². The second-order valence-corrected chi connectivity index (χ2v) is 3.79. The van der Waals surface area contributed by atoms with Crippen LogP contribution in [0.25, 0.3) is 0 Å². The van der Waals surface area contributed by atoms with Crippen LogP contribution in [0, 0.1) is 5.92 Å². The summed E-state index contributed by atoms with van der Waals surface area (Å²) in [5.41, 5.74) is 0. The van der Waals surface area contributed by atoms with Crippen LogP contribution in [-0.4, -0.2) is 18.0 Å². The van der Waals surface area contributed by atoms with Crippen molar-refractivity contribution in [2.45, 2.75) is 45.3 Å². The summed E-state index contributed by atoms with van der Waals surface area (Å²) in [5.74, 6) is 1.74. The number of nitrogens with zero attached hydrogens (tertiary/aromatic N) is 1. The Labute approximate surface area is 67.7 Å². The van der Waals surface area contributed by atoms with Gasteiger partial charge in [-0.25, -0.2) is 4.99 Å². The molecule has 62 valence electrons. The second kappa shape index (κ2) is 2.50. The maximum absolute atomic E-state index is 5.56. The van der Waals surface area contributed by atoms with Gasteiger partial charge in [0.25, 0.3) is 0 Å². The maximum Gasteiger partial charge on any atom is 0.180 e. The summed E-state index contributed by atoms with van der Waals surface area (Å²) in [5, 5.41) is 0. The zero-order chi connectivity index (χ0) is 7.84. The zero-order valence-corrected chi connectivity index (χ0v) is 7.21. The highest BCUT2D eigenvalue weighted by Crippen LogP contribution is 2.31. The summed E-state index contributed by atoms with van der Waals surface area (Å²) in [6, 6.07) is 0.485. The summed E-state index contributed by atoms with van der Waals surface area (Å²) in [6.45, 7) is 4.27. The van der Waals surface area contributed by atoms with E-state index in [4.69, 9.17) is 4.74 Å². The number of hydrogen-bond donors (Lipinski definition) is 0. The van der Waals surface area contributed by atoms with Gasteiger partial charge in [0.1, 0.15) is 6.10 Å². The Hall–Kier alpha value is -0.530. The van der Waals surface area contributed by atoms with Crippen LogP contribution in [0.3, 0.4) is 0 Å². The van der Waals surface area contributed by atoms with E-state index in [2.05, 4.69) is 11.9 Å². The summed E-state index contributed by atoms with van der Waals surface area (Å²) in [4.78, 5) is 4.46. The van der Waals surface area contributed by atoms with Crippen molar-refractivity contribution in [3.8, 4) is 0 Å². The molecule has 1 fully saturated rings. The lowest BCUT2D eigenvalue weighted by atomic mass is 9.86. The Bertz CT molecular complexity index is 188. The zero-order valence-electron chi connectivity index (χ0n) is 7.21. The van der Waals surface area contributed by atoms with Crippen molar-refractivity contribution in [2.24, 2.45) is 10.9 Å². The third-order valence-corrected chi connectivity index (χ3v) is 2.69. The largest absolute Gasteiger partial charge is 0.476 e. The van der Waals surface area contributed by atoms with Gasteiger partial charge in [0.15, 0.2) is 5.90 Å². The average molecular weight is 153 g/mol. The van der Waals surface area contributed by atoms with Crippen molar-refractivity contribution in [1.82, 2.24) is 0 Å². The third kappa shape index (κ3) is 1.26. The molecule has 11 heavy (non-hydrogen) atoms. The number of fused-ring (bicyclic) bond motifs is 1. The van der Waals surface area contributed by atoms with E-state index >= 15 is 0 Å². The van der Waals surface area contributed by atoms with E-state index in [-0.39, 0.29) is 0 Å². The lowest BCUT2D eigenvalue weighted by molar-refractivity contribution is 0.131. The molecule has 2 nitrogen and oxygen atoms in total. The van der Waals surface area contributed by atoms with Crippen molar-refractivity contribution in [2.75, 3.05) is 0 Å². The van der Waals surface area contributed by atoms with Crippen LogP contribution in [0.5, 0.6) is 0 Å². The molecular weight excluding hydrogens is 138 g/mol. The quantitative estimate of drug-likeness (QED) is 0.521. The SMILES string of the molecule is CC1=NC2CC(C)CCC2O1. The van der Waals surface area contributed by atoms with E-state index in [0.29, 0.717) is 12.1 Å². The van der Waals surface area contributed by atoms with Crippen molar-refractivity contribution in [1.29, 1.82) is 0 Å². The monoisotopic (exact) mass is 153 g/mol. The molecule has 0 aromatic rings. The van der Waals surface area contributed by atoms with E-state index in [9.17, 15) is 0 Å². The van der Waals surface area contributed by atoms with Crippen LogP contribution in [0.2, 0.25) is 0 Å². The molecule has 2 heteroatoms. The van der Waals surface area contributed by atoms with Gasteiger partial charge in [-0.15, -0.1) is 0 Å². The van der Waals surface area contributed by atoms with Gasteiger partial charge < -0.3 is 4.74 Å². The van der Waals surface area contributed by atoms with Crippen LogP contribution in [0.1, 0.15) is 33.1 Å². The number of ether oxygens (including phenoxy) is 1. The summed E-state index contributed by atoms with van der Waals surface area (Å²) in [6.07, 6.45) is 4.16. The van der Waals surface area contributed by atoms with E-state index in [1.165, 1.54) is 19.3 Å². The first-order valence-corrected chi connectivity index (χ1v) is 4.47. The third-order valence-electron chi connectivity index (χ3n) is 2.69. The molecular formula is C9H15NO. The number of aliphatic imine (C=N–C) groups is 1. The fourth-order valence-corrected chi connectivity index (χ4v) is 2.08. The average Bonchev–Trinajstić information content (AvgIpc) is 2.27. The van der Waals surface area contributed by atoms with Crippen molar-refractivity contribution in [3.63, 3.8) is 0 Å². The van der Waals surface area contributed by atoms with Gasteiger partial charge in [-0.1, -0.05) is 6.92 Å². The molecule has 3 atom stereocenters. The molecule has 1 aliphatic carbocycles. The standard InChI is InChI=1S/C9H15NO/c1-6-3-4-9-8(5-6)10-7(2)11-9/h6,8-9H,3-5H2,1-2H3. The Morgan fingerprint density at radius 3 is 3.09 bits per heavy atom. The number of rotatable bonds is 0. The molecule has 2 rings (SSSR count). The van der Waals surface area contributed by atoms with Gasteiger partial charge in [0, 0.05) is 6.92 Å². The molecule has 0 saturated heterocycles. The van der Waals surface area contributed by atoms with Crippen LogP contribution in [0.15, 0.2) is 4.99 Å². The highest BCUT2D eigenvalue weighted by Gasteiger charge is 2.33. The summed E-state index contributed by atoms with van der Waals surface area (Å²) >= 11 is 0.